The van der Waals surface area contributed by atoms with Crippen LogP contribution in [0.1, 0.15) is 30.1 Å². The summed E-state index contributed by atoms with van der Waals surface area (Å²) < 4.78 is 5.02. The number of amides is 1. The predicted octanol–water partition coefficient (Wildman–Crippen LogP) is 1.61. The minimum absolute atomic E-state index is 0.0312. The van der Waals surface area contributed by atoms with E-state index in [4.69, 9.17) is 4.74 Å². The van der Waals surface area contributed by atoms with Gasteiger partial charge in [-0.25, -0.2) is 0 Å². The average molecular weight is 278 g/mol. The van der Waals surface area contributed by atoms with E-state index in [2.05, 4.69) is 12.2 Å². The molecule has 0 aliphatic carbocycles. The van der Waals surface area contributed by atoms with Crippen LogP contribution in [0.2, 0.25) is 0 Å². The second kappa shape index (κ2) is 5.71. The third-order valence-corrected chi connectivity index (χ3v) is 4.19. The average Bonchev–Trinajstić information content (AvgIpc) is 2.47. The van der Waals surface area contributed by atoms with Gasteiger partial charge in [-0.2, -0.15) is 0 Å². The van der Waals surface area contributed by atoms with Crippen LogP contribution in [0.4, 0.5) is 0 Å². The lowest BCUT2D eigenvalue weighted by molar-refractivity contribution is 0.0659. The summed E-state index contributed by atoms with van der Waals surface area (Å²) in [6.45, 7) is 3.56. The molecule has 2 N–H and O–H groups in total. The number of hydrogen-bond acceptors (Lipinski definition) is 4. The minimum Gasteiger partial charge on any atom is -0.507 e. The predicted molar refractivity (Wildman–Crippen MR) is 77.3 cm³/mol. The van der Waals surface area contributed by atoms with E-state index < -0.39 is 0 Å². The second-order valence-electron chi connectivity index (χ2n) is 5.49. The number of phenolic OH excluding ortho intramolecular Hbond substituents is 1. The highest BCUT2D eigenvalue weighted by atomic mass is 16.5. The second-order valence-corrected chi connectivity index (χ2v) is 5.49. The van der Waals surface area contributed by atoms with Crippen LogP contribution < -0.4 is 10.1 Å². The van der Waals surface area contributed by atoms with E-state index in [0.717, 1.165) is 12.8 Å². The highest BCUT2D eigenvalue weighted by molar-refractivity contribution is 5.97. The van der Waals surface area contributed by atoms with E-state index in [1.807, 2.05) is 7.05 Å². The number of ether oxygens (including phenoxy) is 1. The summed E-state index contributed by atoms with van der Waals surface area (Å²) in [6, 6.07) is 4.77. The maximum atomic E-state index is 12.4. The van der Waals surface area contributed by atoms with Gasteiger partial charge in [0, 0.05) is 24.7 Å². The maximum absolute atomic E-state index is 12.4. The fraction of sp³-hybridized carbons (Fsp3) is 0.533. The first-order valence-corrected chi connectivity index (χ1v) is 6.84. The summed E-state index contributed by atoms with van der Waals surface area (Å²) in [4.78, 5) is 14.2. The molecule has 110 valence electrons. The number of carbonyl (C=O) groups is 1. The molecule has 0 atom stereocenters. The van der Waals surface area contributed by atoms with Crippen molar-refractivity contribution in [2.24, 2.45) is 0 Å². The zero-order valence-electron chi connectivity index (χ0n) is 12.3. The first-order valence-electron chi connectivity index (χ1n) is 6.84. The Hall–Kier alpha value is -1.75. The number of rotatable bonds is 3. The van der Waals surface area contributed by atoms with Crippen molar-refractivity contribution in [1.82, 2.24) is 10.2 Å². The number of nitrogens with one attached hydrogen (secondary N) is 1. The third-order valence-electron chi connectivity index (χ3n) is 4.19. The van der Waals surface area contributed by atoms with Crippen molar-refractivity contribution in [2.75, 3.05) is 27.2 Å². The number of aromatic hydroxyl groups is 1. The molecule has 0 spiro atoms. The normalized spacial score (nSPS) is 17.9. The Bertz CT molecular complexity index is 494. The van der Waals surface area contributed by atoms with Crippen LogP contribution >= 0.6 is 0 Å². The first kappa shape index (κ1) is 14.7. The van der Waals surface area contributed by atoms with Crippen molar-refractivity contribution >= 4 is 5.91 Å². The number of likely N-dealkylation sites (tertiary alicyclic amines) is 1. The molecule has 1 aromatic rings. The molecular formula is C15H22N2O3. The molecule has 2 rings (SSSR count). The van der Waals surface area contributed by atoms with Gasteiger partial charge in [-0.1, -0.05) is 0 Å². The quantitative estimate of drug-likeness (QED) is 0.882. The maximum Gasteiger partial charge on any atom is 0.257 e. The summed E-state index contributed by atoms with van der Waals surface area (Å²) in [5.41, 5.74) is 0.428. The highest BCUT2D eigenvalue weighted by Gasteiger charge is 2.31. The number of piperidine rings is 1. The highest BCUT2D eigenvalue weighted by Crippen LogP contribution is 2.27. The molecule has 0 unspecified atom stereocenters. The molecule has 1 amide bonds. The number of nitrogens with zero attached hydrogens (tertiary/aromatic N) is 1. The van der Waals surface area contributed by atoms with Crippen molar-refractivity contribution in [3.63, 3.8) is 0 Å². The van der Waals surface area contributed by atoms with Crippen LogP contribution in [0.5, 0.6) is 11.5 Å². The molecule has 1 heterocycles. The van der Waals surface area contributed by atoms with Crippen LogP contribution in [0.15, 0.2) is 18.2 Å². The number of hydrogen-bond donors (Lipinski definition) is 2. The van der Waals surface area contributed by atoms with Crippen LogP contribution in [-0.4, -0.2) is 48.7 Å². The SMILES string of the molecule is CNC1(C)CCN(C(=O)c2ccc(OC)cc2O)CC1. The fourth-order valence-corrected chi connectivity index (χ4v) is 2.44. The molecule has 0 aromatic heterocycles. The van der Waals surface area contributed by atoms with Crippen molar-refractivity contribution in [2.45, 2.75) is 25.3 Å². The Morgan fingerprint density at radius 2 is 2.05 bits per heavy atom. The molecule has 5 nitrogen and oxygen atoms in total. The van der Waals surface area contributed by atoms with Gasteiger partial charge in [-0.15, -0.1) is 0 Å². The largest absolute Gasteiger partial charge is 0.507 e. The van der Waals surface area contributed by atoms with Gasteiger partial charge in [0.15, 0.2) is 0 Å². The third kappa shape index (κ3) is 2.88. The lowest BCUT2D eigenvalue weighted by Crippen LogP contribution is -2.51. The van der Waals surface area contributed by atoms with E-state index in [9.17, 15) is 9.90 Å². The van der Waals surface area contributed by atoms with Gasteiger partial charge >= 0.3 is 0 Å². The molecular weight excluding hydrogens is 256 g/mol. The van der Waals surface area contributed by atoms with Crippen molar-refractivity contribution in [3.05, 3.63) is 23.8 Å². The molecule has 1 saturated heterocycles. The van der Waals surface area contributed by atoms with Gasteiger partial charge in [0.2, 0.25) is 0 Å². The van der Waals surface area contributed by atoms with Gasteiger partial charge < -0.3 is 20.1 Å². The van der Waals surface area contributed by atoms with Gasteiger partial charge in [-0.05, 0) is 38.9 Å². The first-order chi connectivity index (χ1) is 9.49. The van der Waals surface area contributed by atoms with Crippen molar-refractivity contribution < 1.29 is 14.6 Å². The monoisotopic (exact) mass is 278 g/mol. The topological polar surface area (TPSA) is 61.8 Å². The molecule has 0 radical (unpaired) electrons. The number of carbonyl (C=O) groups excluding carboxylic acids is 1. The number of methoxy groups -OCH3 is 1. The molecule has 0 saturated carbocycles. The lowest BCUT2D eigenvalue weighted by Gasteiger charge is -2.39. The zero-order chi connectivity index (χ0) is 14.8. The minimum atomic E-state index is -0.122. The Balaban J connectivity index is 2.09. The van der Waals surface area contributed by atoms with Crippen LogP contribution in [0, 0.1) is 0 Å². The Labute approximate surface area is 119 Å². The number of phenols is 1. The molecule has 1 aliphatic heterocycles. The summed E-state index contributed by atoms with van der Waals surface area (Å²) in [5, 5.41) is 13.2. The van der Waals surface area contributed by atoms with Gasteiger partial charge in [0.1, 0.15) is 11.5 Å². The standard InChI is InChI=1S/C15H22N2O3/c1-15(16-2)6-8-17(9-7-15)14(19)12-5-4-11(20-3)10-13(12)18/h4-5,10,16,18H,6-9H2,1-3H3. The molecule has 1 aromatic carbocycles. The Morgan fingerprint density at radius 3 is 2.55 bits per heavy atom. The van der Waals surface area contributed by atoms with E-state index in [1.54, 1.807) is 17.0 Å². The van der Waals surface area contributed by atoms with E-state index >= 15 is 0 Å². The van der Waals surface area contributed by atoms with E-state index in [-0.39, 0.29) is 17.2 Å². The summed E-state index contributed by atoms with van der Waals surface area (Å²) in [5.74, 6) is 0.389. The van der Waals surface area contributed by atoms with Crippen molar-refractivity contribution in [3.8, 4) is 11.5 Å². The molecule has 1 aliphatic rings. The lowest BCUT2D eigenvalue weighted by atomic mass is 9.89. The van der Waals surface area contributed by atoms with Crippen LogP contribution in [-0.2, 0) is 0 Å². The van der Waals surface area contributed by atoms with E-state index in [1.165, 1.54) is 13.2 Å². The fourth-order valence-electron chi connectivity index (χ4n) is 2.44. The summed E-state index contributed by atoms with van der Waals surface area (Å²) in [7, 11) is 3.48. The number of benzene rings is 1. The molecule has 5 heteroatoms. The van der Waals surface area contributed by atoms with Crippen LogP contribution in [0.25, 0.3) is 0 Å². The Kier molecular flexibility index (Phi) is 4.18. The van der Waals surface area contributed by atoms with Crippen LogP contribution in [0.3, 0.4) is 0 Å². The van der Waals surface area contributed by atoms with Gasteiger partial charge in [-0.3, -0.25) is 4.79 Å². The Morgan fingerprint density at radius 1 is 1.40 bits per heavy atom. The van der Waals surface area contributed by atoms with Crippen molar-refractivity contribution in [1.29, 1.82) is 0 Å². The van der Waals surface area contributed by atoms with Gasteiger partial charge in [0.25, 0.3) is 5.91 Å². The summed E-state index contributed by atoms with van der Waals surface area (Å²) >= 11 is 0. The molecule has 20 heavy (non-hydrogen) atoms. The molecule has 0 bridgehead atoms. The van der Waals surface area contributed by atoms with Gasteiger partial charge in [0.05, 0.1) is 12.7 Å². The molecule has 1 fully saturated rings. The van der Waals surface area contributed by atoms with E-state index in [0.29, 0.717) is 24.4 Å². The smallest absolute Gasteiger partial charge is 0.257 e. The summed E-state index contributed by atoms with van der Waals surface area (Å²) in [6.07, 6.45) is 1.82. The zero-order valence-corrected chi connectivity index (χ0v) is 12.3.